The molecule has 1 N–H and O–H groups in total. The zero-order valence-corrected chi connectivity index (χ0v) is 9.87. The van der Waals surface area contributed by atoms with E-state index in [1.54, 1.807) is 0 Å². The molecule has 2 unspecified atom stereocenters. The second kappa shape index (κ2) is 5.18. The quantitative estimate of drug-likeness (QED) is 0.588. The van der Waals surface area contributed by atoms with Gasteiger partial charge in [0.2, 0.25) is 0 Å². The van der Waals surface area contributed by atoms with Gasteiger partial charge in [0, 0.05) is 6.04 Å². The molecular weight excluding hydrogens is 194 g/mol. The van der Waals surface area contributed by atoms with Crippen LogP contribution in [0.25, 0.3) is 0 Å². The third-order valence-electron chi connectivity index (χ3n) is 3.32. The van der Waals surface area contributed by atoms with Crippen LogP contribution in [0.15, 0.2) is 24.3 Å². The Morgan fingerprint density at radius 1 is 1.38 bits per heavy atom. The lowest BCUT2D eigenvalue weighted by Gasteiger charge is -2.21. The van der Waals surface area contributed by atoms with E-state index in [1.807, 2.05) is 6.92 Å². The first kappa shape index (κ1) is 11.2. The van der Waals surface area contributed by atoms with Crippen molar-refractivity contribution in [2.24, 2.45) is 0 Å². The highest BCUT2D eigenvalue weighted by Crippen LogP contribution is 2.28. The van der Waals surface area contributed by atoms with Gasteiger partial charge in [-0.2, -0.15) is 0 Å². The predicted octanol–water partition coefficient (Wildman–Crippen LogP) is 3.07. The summed E-state index contributed by atoms with van der Waals surface area (Å²) in [4.78, 5) is 0. The molecule has 0 aromatic heterocycles. The first-order valence-corrected chi connectivity index (χ1v) is 6.11. The molecule has 1 aromatic rings. The molecule has 1 nitrogen and oxygen atoms in total. The normalized spacial score (nSPS) is 21.6. The van der Waals surface area contributed by atoms with Crippen molar-refractivity contribution in [3.63, 3.8) is 0 Å². The molecule has 0 fully saturated rings. The number of hydrogen-bond acceptors (Lipinski definition) is 1. The summed E-state index contributed by atoms with van der Waals surface area (Å²) in [6.07, 6.45) is 10.4. The molecule has 0 spiro atoms. The van der Waals surface area contributed by atoms with Gasteiger partial charge in [0.05, 0.1) is 6.04 Å². The highest BCUT2D eigenvalue weighted by Gasteiger charge is 2.18. The van der Waals surface area contributed by atoms with Gasteiger partial charge in [-0.3, -0.25) is 5.32 Å². The maximum atomic E-state index is 5.44. The average molecular weight is 213 g/mol. The van der Waals surface area contributed by atoms with Crippen molar-refractivity contribution >= 4 is 0 Å². The second-order valence-corrected chi connectivity index (χ2v) is 4.55. The third kappa shape index (κ3) is 2.46. The number of rotatable bonds is 2. The molecule has 1 aliphatic rings. The molecule has 0 amide bonds. The Morgan fingerprint density at radius 3 is 3.00 bits per heavy atom. The van der Waals surface area contributed by atoms with E-state index in [0.717, 1.165) is 0 Å². The average Bonchev–Trinajstić information content (AvgIpc) is 2.52. The Morgan fingerprint density at radius 2 is 2.19 bits per heavy atom. The summed E-state index contributed by atoms with van der Waals surface area (Å²) < 4.78 is 0. The first-order valence-electron chi connectivity index (χ1n) is 6.11. The molecule has 84 valence electrons. The molecule has 0 saturated carbocycles. The Hall–Kier alpha value is -1.26. The maximum absolute atomic E-state index is 5.44. The van der Waals surface area contributed by atoms with Crippen LogP contribution < -0.4 is 5.32 Å². The van der Waals surface area contributed by atoms with E-state index in [2.05, 4.69) is 35.5 Å². The van der Waals surface area contributed by atoms with E-state index in [1.165, 1.54) is 36.8 Å². The number of benzene rings is 1. The fourth-order valence-electron chi connectivity index (χ4n) is 2.44. The summed E-state index contributed by atoms with van der Waals surface area (Å²) in [5.74, 6) is 2.75. The first-order chi connectivity index (χ1) is 7.81. The largest absolute Gasteiger partial charge is 0.297 e. The van der Waals surface area contributed by atoms with Crippen molar-refractivity contribution in [3.8, 4) is 12.3 Å². The molecule has 0 heterocycles. The van der Waals surface area contributed by atoms with Crippen molar-refractivity contribution < 1.29 is 0 Å². The fourth-order valence-corrected chi connectivity index (χ4v) is 2.44. The second-order valence-electron chi connectivity index (χ2n) is 4.55. The molecule has 0 radical (unpaired) electrons. The van der Waals surface area contributed by atoms with E-state index in [0.29, 0.717) is 6.04 Å². The molecule has 0 aliphatic heterocycles. The van der Waals surface area contributed by atoms with E-state index in [-0.39, 0.29) is 6.04 Å². The van der Waals surface area contributed by atoms with E-state index in [4.69, 9.17) is 6.42 Å². The molecular formula is C15H19N. The monoisotopic (exact) mass is 213 g/mol. The lowest BCUT2D eigenvalue weighted by atomic mass is 9.98. The number of aryl methyl sites for hydroxylation is 1. The van der Waals surface area contributed by atoms with Crippen LogP contribution in [0.1, 0.15) is 43.4 Å². The summed E-state index contributed by atoms with van der Waals surface area (Å²) in [6.45, 7) is 2.05. The van der Waals surface area contributed by atoms with E-state index < -0.39 is 0 Å². The van der Waals surface area contributed by atoms with Gasteiger partial charge in [0.1, 0.15) is 0 Å². The highest BCUT2D eigenvalue weighted by molar-refractivity contribution is 5.31. The van der Waals surface area contributed by atoms with Crippen LogP contribution in [0.2, 0.25) is 0 Å². The van der Waals surface area contributed by atoms with Crippen LogP contribution in [0, 0.1) is 12.3 Å². The van der Waals surface area contributed by atoms with Gasteiger partial charge in [0.25, 0.3) is 0 Å². The minimum Gasteiger partial charge on any atom is -0.297 e. The molecule has 1 heteroatoms. The molecule has 1 aromatic carbocycles. The summed E-state index contributed by atoms with van der Waals surface area (Å²) in [6, 6.07) is 9.32. The third-order valence-corrected chi connectivity index (χ3v) is 3.32. The van der Waals surface area contributed by atoms with Gasteiger partial charge in [0.15, 0.2) is 0 Å². The summed E-state index contributed by atoms with van der Waals surface area (Å²) in [5, 5.41) is 3.53. The molecule has 0 bridgehead atoms. The molecule has 2 atom stereocenters. The number of terminal acetylenes is 1. The number of hydrogen-bond donors (Lipinski definition) is 1. The van der Waals surface area contributed by atoms with Gasteiger partial charge in [-0.05, 0) is 37.3 Å². The van der Waals surface area contributed by atoms with Gasteiger partial charge < -0.3 is 0 Å². The van der Waals surface area contributed by atoms with Gasteiger partial charge >= 0.3 is 0 Å². The predicted molar refractivity (Wildman–Crippen MR) is 68.2 cm³/mol. The minimum atomic E-state index is 0.149. The van der Waals surface area contributed by atoms with Crippen molar-refractivity contribution in [2.75, 3.05) is 0 Å². The van der Waals surface area contributed by atoms with Crippen LogP contribution in [0.3, 0.4) is 0 Å². The minimum absolute atomic E-state index is 0.149. The topological polar surface area (TPSA) is 12.0 Å². The summed E-state index contributed by atoms with van der Waals surface area (Å²) >= 11 is 0. The van der Waals surface area contributed by atoms with E-state index in [9.17, 15) is 0 Å². The molecule has 2 rings (SSSR count). The van der Waals surface area contributed by atoms with Crippen molar-refractivity contribution in [1.29, 1.82) is 0 Å². The lowest BCUT2D eigenvalue weighted by Crippen LogP contribution is -2.29. The summed E-state index contributed by atoms with van der Waals surface area (Å²) in [5.41, 5.74) is 2.93. The Balaban J connectivity index is 2.23. The SMILES string of the molecule is C#CC(C)NC1CCCCc2ccccc21. The zero-order chi connectivity index (χ0) is 11.4. The van der Waals surface area contributed by atoms with Crippen LogP contribution in [-0.4, -0.2) is 6.04 Å². The highest BCUT2D eigenvalue weighted by atomic mass is 14.9. The Bertz CT molecular complexity index is 389. The molecule has 0 saturated heterocycles. The van der Waals surface area contributed by atoms with Crippen molar-refractivity contribution in [3.05, 3.63) is 35.4 Å². The van der Waals surface area contributed by atoms with Crippen molar-refractivity contribution in [2.45, 2.75) is 44.7 Å². The van der Waals surface area contributed by atoms with Gasteiger partial charge in [-0.25, -0.2) is 0 Å². The van der Waals surface area contributed by atoms with Crippen LogP contribution >= 0.6 is 0 Å². The van der Waals surface area contributed by atoms with Crippen LogP contribution in [0.4, 0.5) is 0 Å². The smallest absolute Gasteiger partial charge is 0.0663 e. The number of fused-ring (bicyclic) bond motifs is 1. The molecule has 1 aliphatic carbocycles. The lowest BCUT2D eigenvalue weighted by molar-refractivity contribution is 0.472. The number of nitrogens with one attached hydrogen (secondary N) is 1. The standard InChI is InChI=1S/C15H19N/c1-3-12(2)16-15-11-7-5-9-13-8-4-6-10-14(13)15/h1,4,6,8,10,12,15-16H,5,7,9,11H2,2H3. The summed E-state index contributed by atoms with van der Waals surface area (Å²) in [7, 11) is 0. The fraction of sp³-hybridized carbons (Fsp3) is 0.467. The van der Waals surface area contributed by atoms with Gasteiger partial charge in [-0.1, -0.05) is 36.6 Å². The Kier molecular flexibility index (Phi) is 3.64. The van der Waals surface area contributed by atoms with Crippen molar-refractivity contribution in [1.82, 2.24) is 5.32 Å². The van der Waals surface area contributed by atoms with E-state index >= 15 is 0 Å². The molecule has 16 heavy (non-hydrogen) atoms. The Labute approximate surface area is 98.3 Å². The van der Waals surface area contributed by atoms with Gasteiger partial charge in [-0.15, -0.1) is 6.42 Å². The van der Waals surface area contributed by atoms with Crippen LogP contribution in [-0.2, 0) is 6.42 Å². The van der Waals surface area contributed by atoms with Crippen LogP contribution in [0.5, 0.6) is 0 Å². The maximum Gasteiger partial charge on any atom is 0.0663 e. The zero-order valence-electron chi connectivity index (χ0n) is 9.87.